The molecule has 0 N–H and O–H groups in total. The fourth-order valence-corrected chi connectivity index (χ4v) is 24.3. The second kappa shape index (κ2) is 5.07. The summed E-state index contributed by atoms with van der Waals surface area (Å²) in [5.41, 5.74) is 0. The summed E-state index contributed by atoms with van der Waals surface area (Å²) in [6.07, 6.45) is 0. The van der Waals surface area contributed by atoms with E-state index in [1.807, 2.05) is 13.1 Å². The molecule has 5 heteroatoms. The molecule has 0 aliphatic rings. The maximum atomic E-state index is 15.2. The van der Waals surface area contributed by atoms with E-state index in [4.69, 9.17) is 0 Å². The molecule has 0 unspecified atom stereocenters. The van der Waals surface area contributed by atoms with E-state index < -0.39 is 25.0 Å². The van der Waals surface area contributed by atoms with Crippen LogP contribution in [0, 0.1) is 0 Å². The molecule has 0 saturated carbocycles. The Bertz CT molecular complexity index is 293. The molecule has 0 heterocycles. The zero-order valence-corrected chi connectivity index (χ0v) is 18.3. The van der Waals surface area contributed by atoms with E-state index in [0.29, 0.717) is 0 Å². The molecular formula is C14H36FNSi3. The van der Waals surface area contributed by atoms with Crippen LogP contribution in [0.15, 0.2) is 0 Å². The van der Waals surface area contributed by atoms with Crippen molar-refractivity contribution in [2.24, 2.45) is 0 Å². The zero-order valence-electron chi connectivity index (χ0n) is 15.3. The van der Waals surface area contributed by atoms with Gasteiger partial charge in [-0.05, 0) is 23.2 Å². The highest BCUT2D eigenvalue weighted by molar-refractivity contribution is 7.04. The van der Waals surface area contributed by atoms with Gasteiger partial charge in [-0.15, -0.1) is 0 Å². The van der Waals surface area contributed by atoms with Gasteiger partial charge < -0.3 is 3.90 Å². The fraction of sp³-hybridized carbons (Fsp3) is 1.00. The summed E-state index contributed by atoms with van der Waals surface area (Å²) in [5.74, 6) is 0. The SMILES string of the molecule is CC(C)(C)[Si](C)(C)N([Si](C)(C)F)[Si](C)(C)C(C)(C)C. The molecule has 0 aromatic carbocycles. The molecule has 0 fully saturated rings. The number of halogens is 1. The van der Waals surface area contributed by atoms with Crippen LogP contribution in [0.25, 0.3) is 0 Å². The Morgan fingerprint density at radius 1 is 0.632 bits per heavy atom. The first-order valence-electron chi connectivity index (χ1n) is 7.36. The van der Waals surface area contributed by atoms with Crippen molar-refractivity contribution < 1.29 is 4.11 Å². The summed E-state index contributed by atoms with van der Waals surface area (Å²) in [6, 6.07) is 0. The summed E-state index contributed by atoms with van der Waals surface area (Å²) in [5, 5.41) is 0.387. The first kappa shape index (κ1) is 19.5. The van der Waals surface area contributed by atoms with Crippen LogP contribution in [0.5, 0.6) is 0 Å². The summed E-state index contributed by atoms with van der Waals surface area (Å²) >= 11 is 0. The molecule has 116 valence electrons. The molecular weight excluding hydrogens is 285 g/mol. The van der Waals surface area contributed by atoms with Gasteiger partial charge in [-0.2, -0.15) is 0 Å². The lowest BCUT2D eigenvalue weighted by Gasteiger charge is -2.60. The van der Waals surface area contributed by atoms with Crippen LogP contribution in [-0.2, 0) is 0 Å². The summed E-state index contributed by atoms with van der Waals surface area (Å²) in [7, 11) is -6.49. The molecule has 0 aliphatic carbocycles. The van der Waals surface area contributed by atoms with Gasteiger partial charge in [-0.25, -0.2) is 0 Å². The topological polar surface area (TPSA) is 3.24 Å². The van der Waals surface area contributed by atoms with Crippen LogP contribution in [-0.4, -0.2) is 28.9 Å². The molecule has 0 atom stereocenters. The molecule has 19 heavy (non-hydrogen) atoms. The highest BCUT2D eigenvalue weighted by Gasteiger charge is 2.57. The monoisotopic (exact) mass is 321 g/mol. The van der Waals surface area contributed by atoms with Gasteiger partial charge in [-0.1, -0.05) is 67.7 Å². The molecule has 0 aliphatic heterocycles. The Hall–Kier alpha value is 0.541. The summed E-state index contributed by atoms with van der Waals surface area (Å²) in [6.45, 7) is 27.0. The maximum absolute atomic E-state index is 15.2. The van der Waals surface area contributed by atoms with Crippen molar-refractivity contribution in [3.05, 3.63) is 0 Å². The molecule has 0 aromatic rings. The van der Waals surface area contributed by atoms with Crippen molar-refractivity contribution in [1.82, 2.24) is 3.90 Å². The number of hydrogen-bond donors (Lipinski definition) is 0. The van der Waals surface area contributed by atoms with Crippen molar-refractivity contribution in [3.8, 4) is 0 Å². The highest BCUT2D eigenvalue weighted by atomic mass is 28.5. The second-order valence-corrected chi connectivity index (χ2v) is 24.1. The molecule has 0 aromatic heterocycles. The molecule has 0 amide bonds. The van der Waals surface area contributed by atoms with Crippen LogP contribution in [0.1, 0.15) is 41.5 Å². The van der Waals surface area contributed by atoms with Gasteiger partial charge >= 0.3 is 8.57 Å². The minimum atomic E-state index is -2.82. The standard InChI is InChI=1S/C14H36FNSi3/c1-13(2,3)17(7,8)16(19(11,12)15)18(9,10)14(4,5)6/h1-12H3. The van der Waals surface area contributed by atoms with Gasteiger partial charge in [0, 0.05) is 0 Å². The molecule has 0 rings (SSSR count). The number of hydrogen-bond acceptors (Lipinski definition) is 1. The van der Waals surface area contributed by atoms with E-state index in [9.17, 15) is 0 Å². The lowest BCUT2D eigenvalue weighted by atomic mass is 10.2. The molecule has 1 nitrogen and oxygen atoms in total. The van der Waals surface area contributed by atoms with E-state index in [0.717, 1.165) is 0 Å². The molecule has 0 radical (unpaired) electrons. The Balaban J connectivity index is 6.05. The first-order valence-corrected chi connectivity index (χ1v) is 16.1. The van der Waals surface area contributed by atoms with Crippen LogP contribution >= 0.6 is 0 Å². The fourth-order valence-electron chi connectivity index (χ4n) is 2.70. The van der Waals surface area contributed by atoms with Crippen LogP contribution in [0.3, 0.4) is 0 Å². The lowest BCUT2D eigenvalue weighted by Crippen LogP contribution is -2.75. The van der Waals surface area contributed by atoms with E-state index in [1.165, 1.54) is 0 Å². The molecule has 0 bridgehead atoms. The number of rotatable bonds is 3. The van der Waals surface area contributed by atoms with Gasteiger partial charge in [0.05, 0.1) is 0 Å². The lowest BCUT2D eigenvalue weighted by molar-refractivity contribution is 0.582. The first-order chi connectivity index (χ1) is 7.87. The molecule has 0 saturated heterocycles. The van der Waals surface area contributed by atoms with Gasteiger partial charge in [0.2, 0.25) is 0 Å². The minimum Gasteiger partial charge on any atom is -0.342 e. The number of nitrogens with zero attached hydrogens (tertiary/aromatic N) is 1. The van der Waals surface area contributed by atoms with Crippen LogP contribution in [0.4, 0.5) is 4.11 Å². The van der Waals surface area contributed by atoms with E-state index in [-0.39, 0.29) is 10.1 Å². The third-order valence-corrected chi connectivity index (χ3v) is 25.9. The predicted octanol–water partition coefficient (Wildman–Crippen LogP) is 5.97. The molecule has 0 spiro atoms. The van der Waals surface area contributed by atoms with Crippen molar-refractivity contribution in [1.29, 1.82) is 0 Å². The van der Waals surface area contributed by atoms with Gasteiger partial charge in [0.15, 0.2) is 0 Å². The van der Waals surface area contributed by atoms with Gasteiger partial charge in [0.25, 0.3) is 0 Å². The van der Waals surface area contributed by atoms with Crippen molar-refractivity contribution in [2.45, 2.75) is 90.9 Å². The van der Waals surface area contributed by atoms with Crippen molar-refractivity contribution in [2.75, 3.05) is 0 Å². The van der Waals surface area contributed by atoms with Crippen LogP contribution in [0.2, 0.25) is 49.4 Å². The third-order valence-electron chi connectivity index (χ3n) is 5.32. The highest BCUT2D eigenvalue weighted by Crippen LogP contribution is 2.49. The largest absolute Gasteiger partial charge is 0.342 e. The normalized spacial score (nSPS) is 16.1. The summed E-state index contributed by atoms with van der Waals surface area (Å²) in [4.78, 5) is 0. The van der Waals surface area contributed by atoms with Gasteiger partial charge in [-0.3, -0.25) is 4.11 Å². The summed E-state index contributed by atoms with van der Waals surface area (Å²) < 4.78 is 17.7. The van der Waals surface area contributed by atoms with Gasteiger partial charge in [0.1, 0.15) is 16.5 Å². The average Bonchev–Trinajstić information content (AvgIpc) is 1.93. The third kappa shape index (κ3) is 3.80. The van der Waals surface area contributed by atoms with E-state index >= 15 is 4.11 Å². The smallest absolute Gasteiger partial charge is 0.303 e. The quantitative estimate of drug-likeness (QED) is 0.457. The Labute approximate surface area is 124 Å². The van der Waals surface area contributed by atoms with Crippen LogP contribution < -0.4 is 0 Å². The van der Waals surface area contributed by atoms with Crippen molar-refractivity contribution >= 4 is 25.0 Å². The second-order valence-electron chi connectivity index (χ2n) is 9.36. The van der Waals surface area contributed by atoms with E-state index in [2.05, 4.69) is 71.6 Å². The van der Waals surface area contributed by atoms with Crippen molar-refractivity contribution in [3.63, 3.8) is 0 Å². The Kier molecular flexibility index (Phi) is 5.22. The average molecular weight is 322 g/mol. The zero-order chi connectivity index (χ0) is 16.1. The Morgan fingerprint density at radius 2 is 0.842 bits per heavy atom. The Morgan fingerprint density at radius 3 is 0.947 bits per heavy atom. The minimum absolute atomic E-state index is 0.193. The predicted molar refractivity (Wildman–Crippen MR) is 94.8 cm³/mol. The van der Waals surface area contributed by atoms with E-state index in [1.54, 1.807) is 0 Å². The maximum Gasteiger partial charge on any atom is 0.303 e.